The van der Waals surface area contributed by atoms with Crippen molar-refractivity contribution in [2.24, 2.45) is 0 Å². The number of rotatable bonds is 3. The molecule has 106 valence electrons. The van der Waals surface area contributed by atoms with Crippen LogP contribution in [-0.4, -0.2) is 19.7 Å². The van der Waals surface area contributed by atoms with Gasteiger partial charge < -0.3 is 0 Å². The van der Waals surface area contributed by atoms with Crippen molar-refractivity contribution in [3.05, 3.63) is 63.6 Å². The maximum Gasteiger partial charge on any atom is 0.280 e. The first-order valence-electron chi connectivity index (χ1n) is 6.58. The summed E-state index contributed by atoms with van der Waals surface area (Å²) in [6.45, 7) is 4.26. The number of aromatic nitrogens is 3. The summed E-state index contributed by atoms with van der Waals surface area (Å²) in [4.78, 5) is 15.0. The first-order chi connectivity index (χ1) is 10.1. The van der Waals surface area contributed by atoms with Crippen molar-refractivity contribution in [3.8, 4) is 0 Å². The molecule has 2 heterocycles. The highest BCUT2D eigenvalue weighted by Crippen LogP contribution is 2.28. The van der Waals surface area contributed by atoms with E-state index in [0.717, 1.165) is 16.8 Å². The second kappa shape index (κ2) is 4.97. The third-order valence-electron chi connectivity index (χ3n) is 3.43. The summed E-state index contributed by atoms with van der Waals surface area (Å²) in [7, 11) is 0. The minimum Gasteiger partial charge on any atom is -0.261 e. The van der Waals surface area contributed by atoms with Crippen molar-refractivity contribution in [1.82, 2.24) is 14.8 Å². The zero-order valence-electron chi connectivity index (χ0n) is 11.8. The third-order valence-corrected chi connectivity index (χ3v) is 3.43. The lowest BCUT2D eigenvalue weighted by molar-refractivity contribution is -0.383. The van der Waals surface area contributed by atoms with Crippen LogP contribution in [0.1, 0.15) is 17.0 Å². The molecule has 6 nitrogen and oxygen atoms in total. The van der Waals surface area contributed by atoms with Gasteiger partial charge in [0.25, 0.3) is 5.69 Å². The first kappa shape index (κ1) is 13.2. The van der Waals surface area contributed by atoms with E-state index in [2.05, 4.69) is 10.1 Å². The number of hydrogen-bond acceptors (Lipinski definition) is 4. The third kappa shape index (κ3) is 2.35. The Labute approximate surface area is 121 Å². The number of pyridine rings is 1. The Hall–Kier alpha value is -2.76. The highest BCUT2D eigenvalue weighted by molar-refractivity contribution is 5.90. The molecule has 0 bridgehead atoms. The molecule has 0 aliphatic heterocycles. The largest absolute Gasteiger partial charge is 0.280 e. The van der Waals surface area contributed by atoms with Gasteiger partial charge in [-0.15, -0.1) is 0 Å². The van der Waals surface area contributed by atoms with E-state index in [1.165, 1.54) is 6.07 Å². The summed E-state index contributed by atoms with van der Waals surface area (Å²) < 4.78 is 1.78. The first-order valence-corrected chi connectivity index (χ1v) is 6.58. The molecule has 0 amide bonds. The number of fused-ring (bicyclic) bond motifs is 1. The fourth-order valence-electron chi connectivity index (χ4n) is 2.44. The van der Waals surface area contributed by atoms with Crippen molar-refractivity contribution in [2.75, 3.05) is 0 Å². The molecule has 0 saturated carbocycles. The number of non-ortho nitro benzene ring substituents is 1. The molecule has 0 fully saturated rings. The Morgan fingerprint density at radius 2 is 2.05 bits per heavy atom. The molecule has 0 aliphatic rings. The molecule has 0 atom stereocenters. The lowest BCUT2D eigenvalue weighted by atomic mass is 10.2. The lowest BCUT2D eigenvalue weighted by Crippen LogP contribution is -2.02. The van der Waals surface area contributed by atoms with E-state index in [1.807, 2.05) is 25.1 Å². The Morgan fingerprint density at radius 1 is 1.24 bits per heavy atom. The predicted octanol–water partition coefficient (Wildman–Crippen LogP) is 3.00. The summed E-state index contributed by atoms with van der Waals surface area (Å²) >= 11 is 0. The van der Waals surface area contributed by atoms with Crippen molar-refractivity contribution < 1.29 is 4.92 Å². The Morgan fingerprint density at radius 3 is 2.71 bits per heavy atom. The van der Waals surface area contributed by atoms with Gasteiger partial charge in [0.2, 0.25) is 0 Å². The molecule has 0 saturated heterocycles. The van der Waals surface area contributed by atoms with Crippen LogP contribution in [-0.2, 0) is 6.54 Å². The number of nitrogens with zero attached hydrogens (tertiary/aromatic N) is 4. The van der Waals surface area contributed by atoms with Crippen LogP contribution in [0.4, 0.5) is 5.69 Å². The van der Waals surface area contributed by atoms with Gasteiger partial charge in [0.1, 0.15) is 5.39 Å². The van der Waals surface area contributed by atoms with Gasteiger partial charge in [0, 0.05) is 18.0 Å². The molecule has 0 radical (unpaired) electrons. The summed E-state index contributed by atoms with van der Waals surface area (Å²) in [5, 5.41) is 16.2. The standard InChI is InChI=1S/C15H14N4O2/c1-10-6-7-12(8-16-10)9-18-13-4-3-5-14(19(20)21)15(13)11(2)17-18/h3-8H,9H2,1-2H3. The van der Waals surface area contributed by atoms with Crippen molar-refractivity contribution >= 4 is 16.6 Å². The number of nitro groups is 1. The van der Waals surface area contributed by atoms with Gasteiger partial charge in [-0.25, -0.2) is 0 Å². The Kier molecular flexibility index (Phi) is 3.13. The average molecular weight is 282 g/mol. The highest BCUT2D eigenvalue weighted by Gasteiger charge is 2.18. The normalized spacial score (nSPS) is 11.0. The van der Waals surface area contributed by atoms with Gasteiger partial charge >= 0.3 is 0 Å². The van der Waals surface area contributed by atoms with Crippen LogP contribution in [0.25, 0.3) is 10.9 Å². The molecule has 3 rings (SSSR count). The van der Waals surface area contributed by atoms with Crippen LogP contribution in [0.15, 0.2) is 36.5 Å². The average Bonchev–Trinajstić information content (AvgIpc) is 2.78. The lowest BCUT2D eigenvalue weighted by Gasteiger charge is -2.04. The number of aryl methyl sites for hydroxylation is 2. The number of benzene rings is 1. The van der Waals surface area contributed by atoms with Gasteiger partial charge in [0.05, 0.1) is 22.7 Å². The monoisotopic (exact) mass is 282 g/mol. The van der Waals surface area contributed by atoms with E-state index in [4.69, 9.17) is 0 Å². The zero-order valence-corrected chi connectivity index (χ0v) is 11.8. The fourth-order valence-corrected chi connectivity index (χ4v) is 2.44. The highest BCUT2D eigenvalue weighted by atomic mass is 16.6. The smallest absolute Gasteiger partial charge is 0.261 e. The van der Waals surface area contributed by atoms with Crippen LogP contribution in [0, 0.1) is 24.0 Å². The topological polar surface area (TPSA) is 73.8 Å². The van der Waals surface area contributed by atoms with Crippen LogP contribution in [0.3, 0.4) is 0 Å². The molecule has 0 spiro atoms. The number of nitro benzene ring substituents is 1. The Bertz CT molecular complexity index is 822. The minimum atomic E-state index is -0.366. The van der Waals surface area contributed by atoms with Gasteiger partial charge in [-0.1, -0.05) is 12.1 Å². The summed E-state index contributed by atoms with van der Waals surface area (Å²) in [5.74, 6) is 0. The van der Waals surface area contributed by atoms with Crippen LogP contribution < -0.4 is 0 Å². The molecular weight excluding hydrogens is 268 g/mol. The van der Waals surface area contributed by atoms with Crippen molar-refractivity contribution in [1.29, 1.82) is 0 Å². The van der Waals surface area contributed by atoms with Crippen LogP contribution in [0.2, 0.25) is 0 Å². The molecular formula is C15H14N4O2. The maximum atomic E-state index is 11.1. The van der Waals surface area contributed by atoms with Gasteiger partial charge in [0.15, 0.2) is 0 Å². The molecule has 6 heteroatoms. The van der Waals surface area contributed by atoms with E-state index < -0.39 is 0 Å². The molecule has 0 N–H and O–H groups in total. The van der Waals surface area contributed by atoms with Crippen molar-refractivity contribution in [3.63, 3.8) is 0 Å². The zero-order chi connectivity index (χ0) is 15.0. The molecule has 1 aromatic carbocycles. The molecule has 3 aromatic rings. The van der Waals surface area contributed by atoms with E-state index in [1.54, 1.807) is 23.9 Å². The fraction of sp³-hybridized carbons (Fsp3) is 0.200. The second-order valence-electron chi connectivity index (χ2n) is 4.98. The maximum absolute atomic E-state index is 11.1. The molecule has 2 aromatic heterocycles. The van der Waals surface area contributed by atoms with Gasteiger partial charge in [-0.05, 0) is 31.5 Å². The predicted molar refractivity (Wildman–Crippen MR) is 79.2 cm³/mol. The van der Waals surface area contributed by atoms with Crippen LogP contribution in [0.5, 0.6) is 0 Å². The van der Waals surface area contributed by atoms with E-state index in [0.29, 0.717) is 17.6 Å². The summed E-state index contributed by atoms with van der Waals surface area (Å²) in [6.07, 6.45) is 1.80. The number of hydrogen-bond donors (Lipinski definition) is 0. The van der Waals surface area contributed by atoms with Gasteiger partial charge in [-0.3, -0.25) is 19.8 Å². The van der Waals surface area contributed by atoms with E-state index in [-0.39, 0.29) is 10.6 Å². The van der Waals surface area contributed by atoms with Gasteiger partial charge in [-0.2, -0.15) is 5.10 Å². The summed E-state index contributed by atoms with van der Waals surface area (Å²) in [6, 6.07) is 8.98. The molecule has 0 aliphatic carbocycles. The molecule has 21 heavy (non-hydrogen) atoms. The summed E-state index contributed by atoms with van der Waals surface area (Å²) in [5.41, 5.74) is 3.49. The molecule has 0 unspecified atom stereocenters. The van der Waals surface area contributed by atoms with E-state index >= 15 is 0 Å². The quantitative estimate of drug-likeness (QED) is 0.546. The van der Waals surface area contributed by atoms with E-state index in [9.17, 15) is 10.1 Å². The second-order valence-corrected chi connectivity index (χ2v) is 4.98. The minimum absolute atomic E-state index is 0.0956. The van der Waals surface area contributed by atoms with Crippen LogP contribution >= 0.6 is 0 Å². The van der Waals surface area contributed by atoms with Crippen molar-refractivity contribution in [2.45, 2.75) is 20.4 Å². The Balaban J connectivity index is 2.10. The SMILES string of the molecule is Cc1ccc(Cn2nc(C)c3c([N+](=O)[O-])cccc32)cn1.